The number of hydrogen-bond donors (Lipinski definition) is 2. The fourth-order valence-electron chi connectivity index (χ4n) is 1.01. The van der Waals surface area contributed by atoms with Gasteiger partial charge in [-0.3, -0.25) is 0 Å². The van der Waals surface area contributed by atoms with E-state index in [1.165, 1.54) is 29.6 Å². The number of amides is 2. The van der Waals surface area contributed by atoms with Gasteiger partial charge in [-0.2, -0.15) is 0 Å². The van der Waals surface area contributed by atoms with Gasteiger partial charge in [0, 0.05) is 11.9 Å². The first-order valence-electron chi connectivity index (χ1n) is 4.28. The molecule has 2 heterocycles. The van der Waals surface area contributed by atoms with Gasteiger partial charge in [-0.25, -0.2) is 19.9 Å². The van der Waals surface area contributed by atoms with E-state index < -0.39 is 6.03 Å². The molecule has 0 atom stereocenters. The minimum absolute atomic E-state index is 0.307. The molecule has 0 spiro atoms. The predicted octanol–water partition coefficient (Wildman–Crippen LogP) is 1.10. The van der Waals surface area contributed by atoms with Gasteiger partial charge >= 0.3 is 6.03 Å². The molecule has 0 aliphatic carbocycles. The lowest BCUT2D eigenvalue weighted by Gasteiger charge is -2.06. The maximum absolute atomic E-state index is 11.4. The Balaban J connectivity index is 1.97. The Morgan fingerprint density at radius 2 is 2.12 bits per heavy atom. The van der Waals surface area contributed by atoms with Crippen LogP contribution in [0.25, 0.3) is 0 Å². The minimum atomic E-state index is -0.429. The molecule has 2 N–H and O–H groups in total. The van der Waals surface area contributed by atoms with Gasteiger partial charge in [0.2, 0.25) is 0 Å². The third-order valence-electron chi connectivity index (χ3n) is 1.63. The van der Waals surface area contributed by atoms with Crippen molar-refractivity contribution in [2.45, 2.75) is 0 Å². The van der Waals surface area contributed by atoms with Crippen LogP contribution in [0.2, 0.25) is 5.15 Å². The van der Waals surface area contributed by atoms with Gasteiger partial charge in [0.15, 0.2) is 0 Å². The third kappa shape index (κ3) is 2.67. The normalized spacial score (nSPS) is 9.81. The quantitative estimate of drug-likeness (QED) is 0.768. The highest BCUT2D eigenvalue weighted by molar-refractivity contribution is 6.29. The summed E-state index contributed by atoms with van der Waals surface area (Å²) in [5, 5.41) is 9.95. The first-order chi connectivity index (χ1) is 7.74. The maximum Gasteiger partial charge on any atom is 0.338 e. The van der Waals surface area contributed by atoms with Gasteiger partial charge in [0.1, 0.15) is 17.8 Å². The second-order valence-corrected chi connectivity index (χ2v) is 3.19. The van der Waals surface area contributed by atoms with Crippen LogP contribution in [-0.2, 0) is 0 Å². The van der Waals surface area contributed by atoms with Gasteiger partial charge in [0.05, 0.1) is 0 Å². The number of nitrogens with one attached hydrogen (secondary N) is 2. The predicted molar refractivity (Wildman–Crippen MR) is 57.6 cm³/mol. The Morgan fingerprint density at radius 3 is 2.81 bits per heavy atom. The molecule has 8 heteroatoms. The Bertz CT molecular complexity index is 485. The highest BCUT2D eigenvalue weighted by Gasteiger charge is 2.02. The van der Waals surface area contributed by atoms with Crippen molar-refractivity contribution in [3.63, 3.8) is 0 Å². The number of pyridine rings is 1. The van der Waals surface area contributed by atoms with Crippen LogP contribution in [0.1, 0.15) is 0 Å². The zero-order valence-electron chi connectivity index (χ0n) is 7.96. The van der Waals surface area contributed by atoms with Crippen molar-refractivity contribution in [3.05, 3.63) is 36.1 Å². The number of rotatable bonds is 2. The number of carbonyl (C=O) groups is 1. The number of hydrogen-bond acceptors (Lipinski definition) is 4. The highest BCUT2D eigenvalue weighted by atomic mass is 35.5. The van der Waals surface area contributed by atoms with E-state index in [1.807, 2.05) is 0 Å². The highest BCUT2D eigenvalue weighted by Crippen LogP contribution is 2.11. The van der Waals surface area contributed by atoms with Gasteiger partial charge in [0.25, 0.3) is 0 Å². The molecule has 0 fully saturated rings. The molecular formula is C8H7ClN6O. The number of aromatic nitrogens is 4. The Morgan fingerprint density at radius 1 is 1.38 bits per heavy atom. The molecule has 0 unspecified atom stereocenters. The topological polar surface area (TPSA) is 84.7 Å². The summed E-state index contributed by atoms with van der Waals surface area (Å²) in [5.74, 6) is 0. The van der Waals surface area contributed by atoms with E-state index in [2.05, 4.69) is 25.9 Å². The van der Waals surface area contributed by atoms with E-state index in [4.69, 9.17) is 11.6 Å². The molecule has 2 aromatic rings. The SMILES string of the molecule is O=C(Nc1ccnc(Cl)c1)Nn1cnnc1. The van der Waals surface area contributed by atoms with Crippen molar-refractivity contribution in [1.82, 2.24) is 19.9 Å². The van der Waals surface area contributed by atoms with Crippen molar-refractivity contribution in [3.8, 4) is 0 Å². The molecule has 7 nitrogen and oxygen atoms in total. The van der Waals surface area contributed by atoms with Crippen LogP contribution >= 0.6 is 11.6 Å². The number of urea groups is 1. The first-order valence-corrected chi connectivity index (χ1v) is 4.66. The van der Waals surface area contributed by atoms with Crippen molar-refractivity contribution in [1.29, 1.82) is 0 Å². The van der Waals surface area contributed by atoms with Crippen LogP contribution in [0.3, 0.4) is 0 Å². The summed E-state index contributed by atoms with van der Waals surface area (Å²) in [6.07, 6.45) is 4.22. The summed E-state index contributed by atoms with van der Waals surface area (Å²) < 4.78 is 1.32. The molecule has 16 heavy (non-hydrogen) atoms. The lowest BCUT2D eigenvalue weighted by molar-refractivity contribution is 0.259. The van der Waals surface area contributed by atoms with Crippen molar-refractivity contribution in [2.24, 2.45) is 0 Å². The van der Waals surface area contributed by atoms with Gasteiger partial charge in [-0.05, 0) is 12.1 Å². The van der Waals surface area contributed by atoms with Gasteiger partial charge in [-0.1, -0.05) is 11.6 Å². The van der Waals surface area contributed by atoms with Gasteiger partial charge in [-0.15, -0.1) is 10.2 Å². The summed E-state index contributed by atoms with van der Waals surface area (Å²) in [6.45, 7) is 0. The van der Waals surface area contributed by atoms with Crippen LogP contribution < -0.4 is 10.7 Å². The van der Waals surface area contributed by atoms with Crippen LogP contribution in [0.5, 0.6) is 0 Å². The molecule has 2 amide bonds. The zero-order chi connectivity index (χ0) is 11.4. The molecule has 0 saturated heterocycles. The van der Waals surface area contributed by atoms with Crippen molar-refractivity contribution >= 4 is 23.3 Å². The molecule has 2 aromatic heterocycles. The summed E-state index contributed by atoms with van der Waals surface area (Å²) in [6, 6.07) is 2.73. The Labute approximate surface area is 95.4 Å². The smallest absolute Gasteiger partial charge is 0.306 e. The van der Waals surface area contributed by atoms with E-state index in [1.54, 1.807) is 6.07 Å². The number of nitrogens with zero attached hydrogens (tertiary/aromatic N) is 4. The number of anilines is 1. The fraction of sp³-hybridized carbons (Fsp3) is 0. The van der Waals surface area contributed by atoms with Crippen molar-refractivity contribution < 1.29 is 4.79 Å². The summed E-state index contributed by atoms with van der Waals surface area (Å²) >= 11 is 5.66. The fourth-order valence-corrected chi connectivity index (χ4v) is 1.19. The summed E-state index contributed by atoms with van der Waals surface area (Å²) in [4.78, 5) is 15.2. The van der Waals surface area contributed by atoms with E-state index in [-0.39, 0.29) is 0 Å². The molecule has 0 aromatic carbocycles. The molecule has 0 aliphatic rings. The first kappa shape index (κ1) is 10.4. The molecule has 82 valence electrons. The van der Waals surface area contributed by atoms with E-state index >= 15 is 0 Å². The van der Waals surface area contributed by atoms with E-state index in [0.717, 1.165) is 0 Å². The molecule has 0 aliphatic heterocycles. The van der Waals surface area contributed by atoms with Gasteiger partial charge < -0.3 is 5.32 Å². The Hall–Kier alpha value is -2.15. The second-order valence-electron chi connectivity index (χ2n) is 2.80. The average Bonchev–Trinajstić information content (AvgIpc) is 2.70. The zero-order valence-corrected chi connectivity index (χ0v) is 8.72. The monoisotopic (exact) mass is 238 g/mol. The van der Waals surface area contributed by atoms with Crippen LogP contribution in [0, 0.1) is 0 Å². The maximum atomic E-state index is 11.4. The average molecular weight is 239 g/mol. The molecule has 0 saturated carbocycles. The summed E-state index contributed by atoms with van der Waals surface area (Å²) in [5.41, 5.74) is 3.01. The third-order valence-corrected chi connectivity index (χ3v) is 1.84. The number of carbonyl (C=O) groups excluding carboxylic acids is 1. The standard InChI is InChI=1S/C8H7ClN6O/c9-7-3-6(1-2-10-7)13-8(16)14-15-4-11-12-5-15/h1-5H,(H2,10,13,14,16). The molecular weight excluding hydrogens is 232 g/mol. The second kappa shape index (κ2) is 4.58. The van der Waals surface area contributed by atoms with Crippen LogP contribution in [0.4, 0.5) is 10.5 Å². The Kier molecular flexibility index (Phi) is 2.97. The van der Waals surface area contributed by atoms with Crippen LogP contribution in [-0.4, -0.2) is 25.9 Å². The van der Waals surface area contributed by atoms with E-state index in [0.29, 0.717) is 10.8 Å². The summed E-state index contributed by atoms with van der Waals surface area (Å²) in [7, 11) is 0. The van der Waals surface area contributed by atoms with Crippen LogP contribution in [0.15, 0.2) is 31.0 Å². The largest absolute Gasteiger partial charge is 0.338 e. The lowest BCUT2D eigenvalue weighted by atomic mass is 10.4. The molecule has 0 radical (unpaired) electrons. The van der Waals surface area contributed by atoms with Crippen molar-refractivity contribution in [2.75, 3.05) is 10.7 Å². The molecule has 0 bridgehead atoms. The minimum Gasteiger partial charge on any atom is -0.306 e. The molecule has 2 rings (SSSR count). The lowest BCUT2D eigenvalue weighted by Crippen LogP contribution is -2.26. The van der Waals surface area contributed by atoms with E-state index in [9.17, 15) is 4.79 Å². The number of halogens is 1.